The number of rotatable bonds is 2. The standard InChI is InChI=1S/C14H13BrN2O2/c15-10-3-1-2-9(6-10)7-13-16-12-4-5-19-8-11(12)14(18)17-13/h1-3,6H,4-5,7-8H2,(H,16,17,18). The fourth-order valence-corrected chi connectivity index (χ4v) is 2.67. The van der Waals surface area contributed by atoms with Crippen LogP contribution in [0.3, 0.4) is 0 Å². The van der Waals surface area contributed by atoms with Crippen LogP contribution in [0.25, 0.3) is 0 Å². The molecule has 0 unspecified atom stereocenters. The summed E-state index contributed by atoms with van der Waals surface area (Å²) in [6.07, 6.45) is 1.34. The van der Waals surface area contributed by atoms with Gasteiger partial charge in [0.15, 0.2) is 0 Å². The summed E-state index contributed by atoms with van der Waals surface area (Å²) in [6, 6.07) is 8.00. The van der Waals surface area contributed by atoms with Gasteiger partial charge in [-0.25, -0.2) is 4.98 Å². The zero-order valence-corrected chi connectivity index (χ0v) is 11.9. The number of hydrogen-bond donors (Lipinski definition) is 1. The number of fused-ring (bicyclic) bond motifs is 1. The minimum absolute atomic E-state index is 0.0744. The fraction of sp³-hybridized carbons (Fsp3) is 0.286. The Balaban J connectivity index is 1.94. The molecule has 5 heteroatoms. The Morgan fingerprint density at radius 1 is 1.42 bits per heavy atom. The molecule has 1 N–H and O–H groups in total. The second kappa shape index (κ2) is 5.27. The van der Waals surface area contributed by atoms with Crippen molar-refractivity contribution in [2.24, 2.45) is 0 Å². The van der Waals surface area contributed by atoms with Crippen molar-refractivity contribution in [2.45, 2.75) is 19.4 Å². The molecule has 0 fully saturated rings. The maximum atomic E-state index is 12.0. The highest BCUT2D eigenvalue weighted by molar-refractivity contribution is 9.10. The van der Waals surface area contributed by atoms with Gasteiger partial charge in [-0.1, -0.05) is 28.1 Å². The summed E-state index contributed by atoms with van der Waals surface area (Å²) in [5.74, 6) is 0.712. The Morgan fingerprint density at radius 3 is 3.16 bits per heavy atom. The van der Waals surface area contributed by atoms with Gasteiger partial charge in [0.05, 0.1) is 24.5 Å². The van der Waals surface area contributed by atoms with Crippen molar-refractivity contribution < 1.29 is 4.74 Å². The van der Waals surface area contributed by atoms with Gasteiger partial charge in [0.25, 0.3) is 5.56 Å². The van der Waals surface area contributed by atoms with Gasteiger partial charge in [0.2, 0.25) is 0 Å². The Labute approximate surface area is 119 Å². The number of aromatic nitrogens is 2. The van der Waals surface area contributed by atoms with Gasteiger partial charge in [-0.2, -0.15) is 0 Å². The number of halogens is 1. The molecule has 1 aliphatic rings. The van der Waals surface area contributed by atoms with Crippen molar-refractivity contribution in [1.82, 2.24) is 9.97 Å². The van der Waals surface area contributed by atoms with Gasteiger partial charge < -0.3 is 9.72 Å². The number of nitrogens with one attached hydrogen (secondary N) is 1. The lowest BCUT2D eigenvalue weighted by atomic mass is 10.1. The van der Waals surface area contributed by atoms with E-state index in [2.05, 4.69) is 25.9 Å². The molecule has 19 heavy (non-hydrogen) atoms. The maximum Gasteiger partial charge on any atom is 0.256 e. The van der Waals surface area contributed by atoms with E-state index < -0.39 is 0 Å². The zero-order chi connectivity index (χ0) is 13.2. The van der Waals surface area contributed by atoms with Gasteiger partial charge in [-0.3, -0.25) is 4.79 Å². The van der Waals surface area contributed by atoms with Crippen LogP contribution in [0.1, 0.15) is 22.6 Å². The van der Waals surface area contributed by atoms with Gasteiger partial charge in [0.1, 0.15) is 5.82 Å². The van der Waals surface area contributed by atoms with Crippen molar-refractivity contribution in [2.75, 3.05) is 6.61 Å². The molecule has 3 rings (SSSR count). The Morgan fingerprint density at radius 2 is 2.32 bits per heavy atom. The number of hydrogen-bond acceptors (Lipinski definition) is 3. The monoisotopic (exact) mass is 320 g/mol. The molecule has 1 aromatic heterocycles. The van der Waals surface area contributed by atoms with E-state index >= 15 is 0 Å². The van der Waals surface area contributed by atoms with E-state index in [-0.39, 0.29) is 5.56 Å². The fourth-order valence-electron chi connectivity index (χ4n) is 2.22. The lowest BCUT2D eigenvalue weighted by molar-refractivity contribution is 0.108. The molecule has 98 valence electrons. The van der Waals surface area contributed by atoms with Crippen molar-refractivity contribution >= 4 is 15.9 Å². The van der Waals surface area contributed by atoms with Crippen LogP contribution >= 0.6 is 15.9 Å². The number of nitrogens with zero attached hydrogens (tertiary/aromatic N) is 1. The van der Waals surface area contributed by atoms with Gasteiger partial charge >= 0.3 is 0 Å². The highest BCUT2D eigenvalue weighted by Gasteiger charge is 2.15. The van der Waals surface area contributed by atoms with E-state index in [1.165, 1.54) is 0 Å². The van der Waals surface area contributed by atoms with Crippen LogP contribution in [0.4, 0.5) is 0 Å². The first kappa shape index (κ1) is 12.6. The molecule has 0 amide bonds. The third-order valence-electron chi connectivity index (χ3n) is 3.14. The average Bonchev–Trinajstić information content (AvgIpc) is 2.39. The largest absolute Gasteiger partial charge is 0.376 e. The average molecular weight is 321 g/mol. The van der Waals surface area contributed by atoms with Crippen LogP contribution < -0.4 is 5.56 Å². The van der Waals surface area contributed by atoms with Crippen molar-refractivity contribution in [3.63, 3.8) is 0 Å². The molecule has 0 saturated heterocycles. The first-order valence-electron chi connectivity index (χ1n) is 6.15. The molecule has 4 nitrogen and oxygen atoms in total. The third kappa shape index (κ3) is 2.77. The first-order valence-corrected chi connectivity index (χ1v) is 6.95. The summed E-state index contributed by atoms with van der Waals surface area (Å²) in [4.78, 5) is 19.3. The highest BCUT2D eigenvalue weighted by Crippen LogP contribution is 2.15. The second-order valence-corrected chi connectivity index (χ2v) is 5.46. The maximum absolute atomic E-state index is 12.0. The van der Waals surface area contributed by atoms with Crippen LogP contribution in [0, 0.1) is 0 Å². The van der Waals surface area contributed by atoms with Crippen LogP contribution in [-0.4, -0.2) is 16.6 Å². The van der Waals surface area contributed by atoms with Crippen LogP contribution in [0.5, 0.6) is 0 Å². The Hall–Kier alpha value is -1.46. The van der Waals surface area contributed by atoms with Gasteiger partial charge in [0, 0.05) is 17.3 Å². The second-order valence-electron chi connectivity index (χ2n) is 4.55. The third-order valence-corrected chi connectivity index (χ3v) is 3.63. The van der Waals surface area contributed by atoms with E-state index in [0.717, 1.165) is 15.7 Å². The Kier molecular flexibility index (Phi) is 3.48. The molecule has 1 aromatic carbocycles. The summed E-state index contributed by atoms with van der Waals surface area (Å²) in [5, 5.41) is 0. The van der Waals surface area contributed by atoms with Crippen LogP contribution in [0.15, 0.2) is 33.5 Å². The molecular weight excluding hydrogens is 308 g/mol. The molecule has 1 aliphatic heterocycles. The lowest BCUT2D eigenvalue weighted by Crippen LogP contribution is -2.25. The zero-order valence-electron chi connectivity index (χ0n) is 10.3. The molecule has 0 spiro atoms. The molecule has 0 saturated carbocycles. The van der Waals surface area contributed by atoms with E-state index in [0.29, 0.717) is 37.4 Å². The van der Waals surface area contributed by atoms with Crippen molar-refractivity contribution in [1.29, 1.82) is 0 Å². The normalized spacial score (nSPS) is 14.2. The van der Waals surface area contributed by atoms with E-state index in [1.54, 1.807) is 0 Å². The lowest BCUT2D eigenvalue weighted by Gasteiger charge is -2.15. The summed E-state index contributed by atoms with van der Waals surface area (Å²) < 4.78 is 6.31. The minimum atomic E-state index is -0.0744. The molecule has 2 aromatic rings. The van der Waals surface area contributed by atoms with Gasteiger partial charge in [-0.15, -0.1) is 0 Å². The molecule has 0 aliphatic carbocycles. The van der Waals surface area contributed by atoms with Crippen LogP contribution in [-0.2, 0) is 24.2 Å². The minimum Gasteiger partial charge on any atom is -0.376 e. The quantitative estimate of drug-likeness (QED) is 0.922. The molecule has 2 heterocycles. The number of H-pyrrole nitrogens is 1. The molecule has 0 atom stereocenters. The SMILES string of the molecule is O=c1[nH]c(Cc2cccc(Br)c2)nc2c1COCC2. The van der Waals surface area contributed by atoms with E-state index in [4.69, 9.17) is 4.74 Å². The first-order chi connectivity index (χ1) is 9.22. The summed E-state index contributed by atoms with van der Waals surface area (Å²) in [7, 11) is 0. The summed E-state index contributed by atoms with van der Waals surface area (Å²) in [6.45, 7) is 1.01. The van der Waals surface area contributed by atoms with E-state index in [9.17, 15) is 4.79 Å². The topological polar surface area (TPSA) is 55.0 Å². The van der Waals surface area contributed by atoms with E-state index in [1.807, 2.05) is 24.3 Å². The predicted molar refractivity (Wildman–Crippen MR) is 75.2 cm³/mol. The van der Waals surface area contributed by atoms with Crippen molar-refractivity contribution in [3.8, 4) is 0 Å². The number of aromatic amines is 1. The highest BCUT2D eigenvalue weighted by atomic mass is 79.9. The summed E-state index contributed by atoms with van der Waals surface area (Å²) >= 11 is 3.44. The Bertz CT molecular complexity index is 667. The predicted octanol–water partition coefficient (Wildman–Crippen LogP) is 2.20. The molecule has 0 bridgehead atoms. The molecular formula is C14H13BrN2O2. The van der Waals surface area contributed by atoms with Crippen LogP contribution in [0.2, 0.25) is 0 Å². The smallest absolute Gasteiger partial charge is 0.256 e. The number of benzene rings is 1. The number of ether oxygens (including phenoxy) is 1. The van der Waals surface area contributed by atoms with Gasteiger partial charge in [-0.05, 0) is 17.7 Å². The molecule has 0 radical (unpaired) electrons. The van der Waals surface area contributed by atoms with Crippen molar-refractivity contribution in [3.05, 3.63) is 61.7 Å². The summed E-state index contributed by atoms with van der Waals surface area (Å²) in [5.41, 5.74) is 2.59.